The van der Waals surface area contributed by atoms with Gasteiger partial charge in [-0.15, -0.1) is 0 Å². The van der Waals surface area contributed by atoms with Gasteiger partial charge in [0.05, 0.1) is 0 Å². The van der Waals surface area contributed by atoms with Crippen LogP contribution in [0, 0.1) is 0 Å². The normalized spacial score (nSPS) is 14.5. The predicted octanol–water partition coefficient (Wildman–Crippen LogP) is 4.71. The summed E-state index contributed by atoms with van der Waals surface area (Å²) < 4.78 is 0. The molecule has 0 saturated heterocycles. The number of hydrogen-bond donors (Lipinski definition) is 2. The summed E-state index contributed by atoms with van der Waals surface area (Å²) in [6.07, 6.45) is 8.87. The minimum absolute atomic E-state index is 0.0591. The first kappa shape index (κ1) is 25.0. The Morgan fingerprint density at radius 3 is 2.24 bits per heavy atom. The monoisotopic (exact) mass is 449 g/mol. The first-order chi connectivity index (χ1) is 16.2. The zero-order valence-electron chi connectivity index (χ0n) is 20.0. The van der Waals surface area contributed by atoms with Crippen LogP contribution in [0.3, 0.4) is 0 Å². The molecule has 0 bridgehead atoms. The molecule has 2 aromatic carbocycles. The first-order valence-electron chi connectivity index (χ1n) is 12.6. The number of hydrogen-bond acceptors (Lipinski definition) is 3. The highest BCUT2D eigenvalue weighted by atomic mass is 16.2. The lowest BCUT2D eigenvalue weighted by atomic mass is 10.1. The van der Waals surface area contributed by atoms with Gasteiger partial charge in [0.25, 0.3) is 5.91 Å². The molecule has 0 heterocycles. The molecule has 2 amide bonds. The fourth-order valence-corrected chi connectivity index (χ4v) is 4.61. The van der Waals surface area contributed by atoms with Crippen molar-refractivity contribution >= 4 is 11.8 Å². The summed E-state index contributed by atoms with van der Waals surface area (Å²) in [5, 5.41) is 6.37. The minimum Gasteiger partial charge on any atom is -0.348 e. The molecule has 0 spiro atoms. The molecule has 0 aromatic heterocycles. The molecule has 2 aromatic rings. The van der Waals surface area contributed by atoms with Crippen molar-refractivity contribution in [3.63, 3.8) is 0 Å². The lowest BCUT2D eigenvalue weighted by molar-refractivity contribution is -0.133. The lowest BCUT2D eigenvalue weighted by Gasteiger charge is -2.30. The predicted molar refractivity (Wildman–Crippen MR) is 134 cm³/mol. The maximum Gasteiger partial charge on any atom is 0.251 e. The third kappa shape index (κ3) is 8.32. The van der Waals surface area contributed by atoms with Gasteiger partial charge in [-0.2, -0.15) is 0 Å². The third-order valence-electron chi connectivity index (χ3n) is 6.54. The highest BCUT2D eigenvalue weighted by molar-refractivity contribution is 5.94. The van der Waals surface area contributed by atoms with Crippen molar-refractivity contribution in [1.82, 2.24) is 15.5 Å². The molecule has 1 aliphatic rings. The van der Waals surface area contributed by atoms with Gasteiger partial charge >= 0.3 is 0 Å². The molecular weight excluding hydrogens is 410 g/mol. The summed E-state index contributed by atoms with van der Waals surface area (Å²) in [7, 11) is 0. The van der Waals surface area contributed by atoms with Gasteiger partial charge in [0.2, 0.25) is 5.91 Å². The second kappa shape index (κ2) is 13.8. The molecule has 33 heavy (non-hydrogen) atoms. The Bertz CT molecular complexity index is 843. The summed E-state index contributed by atoms with van der Waals surface area (Å²) in [6, 6.07) is 18.1. The number of carbonyl (C=O) groups excluding carboxylic acids is 2. The smallest absolute Gasteiger partial charge is 0.251 e. The SMILES string of the molecule is CCN(C(=O)CCNCCc1ccc(C(=O)NCc2ccccc2)cc1)C1CCCCCC1. The first-order valence-corrected chi connectivity index (χ1v) is 12.6. The van der Waals surface area contributed by atoms with Gasteiger partial charge in [-0.1, -0.05) is 68.1 Å². The van der Waals surface area contributed by atoms with Crippen molar-refractivity contribution in [2.45, 2.75) is 70.9 Å². The van der Waals surface area contributed by atoms with E-state index < -0.39 is 0 Å². The molecule has 1 saturated carbocycles. The summed E-state index contributed by atoms with van der Waals surface area (Å²) in [4.78, 5) is 27.2. The van der Waals surface area contributed by atoms with Crippen molar-refractivity contribution in [1.29, 1.82) is 0 Å². The van der Waals surface area contributed by atoms with Gasteiger partial charge in [-0.3, -0.25) is 9.59 Å². The Labute approximate surface area is 199 Å². The highest BCUT2D eigenvalue weighted by Crippen LogP contribution is 2.22. The average molecular weight is 450 g/mol. The van der Waals surface area contributed by atoms with Gasteiger partial charge < -0.3 is 15.5 Å². The molecule has 5 heteroatoms. The van der Waals surface area contributed by atoms with Crippen molar-refractivity contribution in [2.75, 3.05) is 19.6 Å². The van der Waals surface area contributed by atoms with Crippen LogP contribution in [0.15, 0.2) is 54.6 Å². The standard InChI is InChI=1S/C28H39N3O2/c1-2-31(26-12-8-3-4-9-13-26)27(32)19-21-29-20-18-23-14-16-25(17-15-23)28(33)30-22-24-10-6-5-7-11-24/h5-7,10-11,14-17,26,29H,2-4,8-9,12-13,18-22H2,1H3,(H,30,33). The second-order valence-electron chi connectivity index (χ2n) is 8.94. The quantitative estimate of drug-likeness (QED) is 0.386. The minimum atomic E-state index is -0.0591. The largest absolute Gasteiger partial charge is 0.348 e. The highest BCUT2D eigenvalue weighted by Gasteiger charge is 2.22. The molecule has 1 fully saturated rings. The molecule has 0 unspecified atom stereocenters. The van der Waals surface area contributed by atoms with Crippen LogP contribution in [0.1, 0.15) is 73.4 Å². The molecule has 3 rings (SSSR count). The van der Waals surface area contributed by atoms with E-state index in [1.165, 1.54) is 31.2 Å². The van der Waals surface area contributed by atoms with E-state index in [0.29, 0.717) is 31.1 Å². The number of carbonyl (C=O) groups is 2. The van der Waals surface area contributed by atoms with Gasteiger partial charge in [0, 0.05) is 37.7 Å². The fourth-order valence-electron chi connectivity index (χ4n) is 4.61. The van der Waals surface area contributed by atoms with E-state index >= 15 is 0 Å². The maximum atomic E-state index is 12.7. The number of nitrogens with one attached hydrogen (secondary N) is 2. The van der Waals surface area contributed by atoms with Crippen molar-refractivity contribution in [2.24, 2.45) is 0 Å². The van der Waals surface area contributed by atoms with Gasteiger partial charge in [0.15, 0.2) is 0 Å². The molecule has 0 atom stereocenters. The number of rotatable bonds is 11. The van der Waals surface area contributed by atoms with Gasteiger partial charge in [-0.25, -0.2) is 0 Å². The third-order valence-corrected chi connectivity index (χ3v) is 6.54. The summed E-state index contributed by atoms with van der Waals surface area (Å²) in [6.45, 7) is 4.97. The van der Waals surface area contributed by atoms with Gasteiger partial charge in [-0.05, 0) is 56.0 Å². The van der Waals surface area contributed by atoms with Crippen molar-refractivity contribution in [3.8, 4) is 0 Å². The van der Waals surface area contributed by atoms with Crippen LogP contribution < -0.4 is 10.6 Å². The van der Waals surface area contributed by atoms with Gasteiger partial charge in [0.1, 0.15) is 0 Å². The molecule has 0 aliphatic heterocycles. The van der Waals surface area contributed by atoms with Crippen molar-refractivity contribution in [3.05, 3.63) is 71.3 Å². The average Bonchev–Trinajstić information content (AvgIpc) is 3.13. The maximum absolute atomic E-state index is 12.7. The van der Waals surface area contributed by atoms with Crippen LogP contribution in [0.4, 0.5) is 0 Å². The van der Waals surface area contributed by atoms with E-state index in [-0.39, 0.29) is 11.8 Å². The molecular formula is C28H39N3O2. The number of nitrogens with zero attached hydrogens (tertiary/aromatic N) is 1. The zero-order valence-corrected chi connectivity index (χ0v) is 20.0. The van der Waals surface area contributed by atoms with E-state index in [0.717, 1.165) is 37.9 Å². The lowest BCUT2D eigenvalue weighted by Crippen LogP contribution is -2.41. The van der Waals surface area contributed by atoms with Crippen LogP contribution in [0.2, 0.25) is 0 Å². The summed E-state index contributed by atoms with van der Waals surface area (Å²) >= 11 is 0. The summed E-state index contributed by atoms with van der Waals surface area (Å²) in [5.74, 6) is 0.221. The second-order valence-corrected chi connectivity index (χ2v) is 8.94. The summed E-state index contributed by atoms with van der Waals surface area (Å²) in [5.41, 5.74) is 2.94. The fraction of sp³-hybridized carbons (Fsp3) is 0.500. The Morgan fingerprint density at radius 2 is 1.58 bits per heavy atom. The molecule has 0 radical (unpaired) electrons. The Morgan fingerprint density at radius 1 is 0.879 bits per heavy atom. The Hall–Kier alpha value is -2.66. The van der Waals surface area contributed by atoms with Crippen LogP contribution in [-0.4, -0.2) is 42.4 Å². The van der Waals surface area contributed by atoms with E-state index in [4.69, 9.17) is 0 Å². The van der Waals surface area contributed by atoms with Crippen LogP contribution in [0.5, 0.6) is 0 Å². The number of benzene rings is 2. The Balaban J connectivity index is 1.34. The molecule has 178 valence electrons. The van der Waals surface area contributed by atoms with Crippen LogP contribution >= 0.6 is 0 Å². The molecule has 2 N–H and O–H groups in total. The van der Waals surface area contributed by atoms with E-state index in [2.05, 4.69) is 22.5 Å². The zero-order chi connectivity index (χ0) is 23.3. The van der Waals surface area contributed by atoms with E-state index in [9.17, 15) is 9.59 Å². The molecule has 1 aliphatic carbocycles. The van der Waals surface area contributed by atoms with E-state index in [1.54, 1.807) is 0 Å². The topological polar surface area (TPSA) is 61.4 Å². The van der Waals surface area contributed by atoms with Crippen molar-refractivity contribution < 1.29 is 9.59 Å². The van der Waals surface area contributed by atoms with Crippen LogP contribution in [0.25, 0.3) is 0 Å². The number of amides is 2. The molecule has 5 nitrogen and oxygen atoms in total. The van der Waals surface area contributed by atoms with Crippen LogP contribution in [-0.2, 0) is 17.8 Å². The Kier molecular flexibility index (Phi) is 10.4. The van der Waals surface area contributed by atoms with E-state index in [1.807, 2.05) is 54.6 Å².